The highest BCUT2D eigenvalue weighted by atomic mass is 16.6. The first-order valence-corrected chi connectivity index (χ1v) is 16.2. The maximum Gasteiger partial charge on any atom is 0.338 e. The van der Waals surface area contributed by atoms with Crippen LogP contribution in [0.5, 0.6) is 5.75 Å². The predicted octanol–water partition coefficient (Wildman–Crippen LogP) is 5.93. The molecular formula is C35H54O9. The topological polar surface area (TPSA) is 90.9 Å². The largest absolute Gasteiger partial charge is 0.491 e. The Morgan fingerprint density at radius 3 is 1.48 bits per heavy atom. The summed E-state index contributed by atoms with van der Waals surface area (Å²) in [7, 11) is 0. The lowest BCUT2D eigenvalue weighted by Crippen LogP contribution is -2.15. The highest BCUT2D eigenvalue weighted by molar-refractivity contribution is 5.89. The van der Waals surface area contributed by atoms with Gasteiger partial charge in [0, 0.05) is 0 Å². The van der Waals surface area contributed by atoms with Crippen LogP contribution in [-0.4, -0.2) is 98.5 Å². The molecule has 0 amide bonds. The molecule has 0 unspecified atom stereocenters. The SMILES string of the molecule is CCCCCCCCc1ccc(OCCOCCOCCOCCOCCOCCOCCOC(=O)c2ccccc2)cc1. The highest BCUT2D eigenvalue weighted by Crippen LogP contribution is 2.15. The molecule has 248 valence electrons. The summed E-state index contributed by atoms with van der Waals surface area (Å²) in [5.74, 6) is 0.532. The molecule has 2 aromatic carbocycles. The van der Waals surface area contributed by atoms with Crippen LogP contribution in [0.1, 0.15) is 61.4 Å². The summed E-state index contributed by atoms with van der Waals surface area (Å²) in [6.07, 6.45) is 9.08. The lowest BCUT2D eigenvalue weighted by Gasteiger charge is -2.09. The Hall–Kier alpha value is -2.53. The second kappa shape index (κ2) is 28.0. The standard InChI is InChI=1S/C35H54O9/c1-2-3-4-5-6-8-11-32-14-16-34(17-15-32)43-30-28-41-26-24-39-22-20-37-18-19-38-21-23-40-25-27-42-29-31-44-35(36)33-12-9-7-10-13-33/h7,9-10,12-17H,2-6,8,11,18-31H2,1H3. The van der Waals surface area contributed by atoms with E-state index in [9.17, 15) is 4.79 Å². The molecule has 2 aromatic rings. The van der Waals surface area contributed by atoms with E-state index in [1.54, 1.807) is 24.3 Å². The van der Waals surface area contributed by atoms with Gasteiger partial charge in [0.2, 0.25) is 0 Å². The summed E-state index contributed by atoms with van der Waals surface area (Å²) in [6, 6.07) is 17.3. The molecule has 0 aliphatic carbocycles. The van der Waals surface area contributed by atoms with Gasteiger partial charge in [-0.15, -0.1) is 0 Å². The van der Waals surface area contributed by atoms with Crippen LogP contribution in [0.3, 0.4) is 0 Å². The molecule has 9 heteroatoms. The van der Waals surface area contributed by atoms with Crippen molar-refractivity contribution in [3.63, 3.8) is 0 Å². The maximum absolute atomic E-state index is 11.8. The summed E-state index contributed by atoms with van der Waals surface area (Å²) >= 11 is 0. The van der Waals surface area contributed by atoms with Crippen molar-refractivity contribution in [3.8, 4) is 5.75 Å². The van der Waals surface area contributed by atoms with Crippen LogP contribution in [0.2, 0.25) is 0 Å². The minimum Gasteiger partial charge on any atom is -0.491 e. The molecule has 44 heavy (non-hydrogen) atoms. The molecule has 2 rings (SSSR count). The average Bonchev–Trinajstić information content (AvgIpc) is 3.06. The van der Waals surface area contributed by atoms with E-state index in [2.05, 4.69) is 19.1 Å². The van der Waals surface area contributed by atoms with Gasteiger partial charge < -0.3 is 37.9 Å². The van der Waals surface area contributed by atoms with E-state index in [-0.39, 0.29) is 12.6 Å². The molecule has 0 aliphatic heterocycles. The van der Waals surface area contributed by atoms with Crippen molar-refractivity contribution in [3.05, 3.63) is 65.7 Å². The fourth-order valence-electron chi connectivity index (χ4n) is 4.13. The molecule has 0 spiro atoms. The number of benzene rings is 2. The number of hydrogen-bond donors (Lipinski definition) is 0. The first kappa shape index (κ1) is 37.7. The van der Waals surface area contributed by atoms with E-state index in [0.29, 0.717) is 91.5 Å². The lowest BCUT2D eigenvalue weighted by atomic mass is 10.0. The Morgan fingerprint density at radius 2 is 0.955 bits per heavy atom. The fraction of sp³-hybridized carbons (Fsp3) is 0.629. The molecule has 0 N–H and O–H groups in total. The van der Waals surface area contributed by atoms with Gasteiger partial charge in [-0.3, -0.25) is 0 Å². The van der Waals surface area contributed by atoms with Gasteiger partial charge in [-0.25, -0.2) is 4.79 Å². The Labute approximate surface area is 264 Å². The molecule has 0 bridgehead atoms. The van der Waals surface area contributed by atoms with E-state index >= 15 is 0 Å². The first-order valence-electron chi connectivity index (χ1n) is 16.2. The van der Waals surface area contributed by atoms with Crippen LogP contribution in [0.15, 0.2) is 54.6 Å². The molecule has 9 nitrogen and oxygen atoms in total. The van der Waals surface area contributed by atoms with E-state index < -0.39 is 0 Å². The first-order chi connectivity index (χ1) is 21.8. The van der Waals surface area contributed by atoms with E-state index in [1.165, 1.54) is 44.1 Å². The molecule has 0 fully saturated rings. The Bertz CT molecular complexity index is 908. The van der Waals surface area contributed by atoms with Crippen molar-refractivity contribution >= 4 is 5.97 Å². The van der Waals surface area contributed by atoms with Crippen LogP contribution in [-0.2, 0) is 39.6 Å². The minimum absolute atomic E-state index is 0.209. The van der Waals surface area contributed by atoms with Crippen molar-refractivity contribution in [2.24, 2.45) is 0 Å². The number of unbranched alkanes of at least 4 members (excludes halogenated alkanes) is 5. The molecule has 0 atom stereocenters. The van der Waals surface area contributed by atoms with Gasteiger partial charge >= 0.3 is 5.97 Å². The third-order valence-corrected chi connectivity index (χ3v) is 6.57. The van der Waals surface area contributed by atoms with Gasteiger partial charge in [0.15, 0.2) is 0 Å². The monoisotopic (exact) mass is 618 g/mol. The number of esters is 1. The van der Waals surface area contributed by atoms with Crippen LogP contribution in [0.4, 0.5) is 0 Å². The number of hydrogen-bond acceptors (Lipinski definition) is 9. The Morgan fingerprint density at radius 1 is 0.500 bits per heavy atom. The maximum atomic E-state index is 11.8. The number of carbonyl (C=O) groups is 1. The third kappa shape index (κ3) is 21.2. The van der Waals surface area contributed by atoms with Crippen LogP contribution >= 0.6 is 0 Å². The van der Waals surface area contributed by atoms with Gasteiger partial charge in [-0.1, -0.05) is 69.4 Å². The van der Waals surface area contributed by atoms with E-state index in [0.717, 1.165) is 12.2 Å². The van der Waals surface area contributed by atoms with E-state index in [1.807, 2.05) is 18.2 Å². The van der Waals surface area contributed by atoms with Crippen molar-refractivity contribution < 1.29 is 42.7 Å². The van der Waals surface area contributed by atoms with Crippen LogP contribution in [0.25, 0.3) is 0 Å². The fourth-order valence-corrected chi connectivity index (χ4v) is 4.13. The third-order valence-electron chi connectivity index (χ3n) is 6.57. The normalized spacial score (nSPS) is 11.1. The van der Waals surface area contributed by atoms with Gasteiger partial charge in [-0.05, 0) is 42.7 Å². The lowest BCUT2D eigenvalue weighted by molar-refractivity contribution is -0.0201. The summed E-state index contributed by atoms with van der Waals surface area (Å²) < 4.78 is 43.8. The minimum atomic E-state index is -0.350. The summed E-state index contributed by atoms with van der Waals surface area (Å²) in [6.45, 7) is 8.75. The van der Waals surface area contributed by atoms with Crippen molar-refractivity contribution in [2.45, 2.75) is 51.9 Å². The summed E-state index contributed by atoms with van der Waals surface area (Å²) in [5.41, 5.74) is 1.91. The second-order valence-electron chi connectivity index (χ2n) is 10.2. The Balaban J connectivity index is 1.23. The molecule has 0 aromatic heterocycles. The number of aryl methyl sites for hydroxylation is 1. The predicted molar refractivity (Wildman–Crippen MR) is 171 cm³/mol. The van der Waals surface area contributed by atoms with Crippen molar-refractivity contribution in [2.75, 3.05) is 92.5 Å². The number of carbonyl (C=O) groups excluding carboxylic acids is 1. The van der Waals surface area contributed by atoms with Gasteiger partial charge in [-0.2, -0.15) is 0 Å². The van der Waals surface area contributed by atoms with Gasteiger partial charge in [0.25, 0.3) is 0 Å². The Kier molecular flexibility index (Phi) is 23.9. The smallest absolute Gasteiger partial charge is 0.338 e. The van der Waals surface area contributed by atoms with Gasteiger partial charge in [0.1, 0.15) is 19.0 Å². The van der Waals surface area contributed by atoms with Crippen LogP contribution < -0.4 is 4.74 Å². The van der Waals surface area contributed by atoms with Crippen molar-refractivity contribution in [1.29, 1.82) is 0 Å². The number of rotatable bonds is 30. The quantitative estimate of drug-likeness (QED) is 0.0781. The van der Waals surface area contributed by atoms with Gasteiger partial charge in [0.05, 0.1) is 84.8 Å². The number of ether oxygens (including phenoxy) is 8. The van der Waals surface area contributed by atoms with Crippen LogP contribution in [0, 0.1) is 0 Å². The second-order valence-corrected chi connectivity index (χ2v) is 10.2. The molecule has 0 heterocycles. The summed E-state index contributed by atoms with van der Waals surface area (Å²) in [4.78, 5) is 11.8. The molecular weight excluding hydrogens is 564 g/mol. The zero-order chi connectivity index (χ0) is 31.2. The zero-order valence-electron chi connectivity index (χ0n) is 26.7. The zero-order valence-corrected chi connectivity index (χ0v) is 26.7. The van der Waals surface area contributed by atoms with E-state index in [4.69, 9.17) is 37.9 Å². The molecule has 0 aliphatic rings. The highest BCUT2D eigenvalue weighted by Gasteiger charge is 2.05. The summed E-state index contributed by atoms with van der Waals surface area (Å²) in [5, 5.41) is 0. The molecule has 0 radical (unpaired) electrons. The van der Waals surface area contributed by atoms with Crippen molar-refractivity contribution in [1.82, 2.24) is 0 Å². The molecule has 0 saturated heterocycles. The average molecular weight is 619 g/mol. The molecule has 0 saturated carbocycles.